The monoisotopic (exact) mass is 864 g/mol. The SMILES string of the molecule is O=S1(=O)N=c2c(-c3ccc(-c4ccc5c(c4)c4ccccc4n5-c4ccccc4)s3)c3ccccc3c(-c3ccc(-c4ccc5c(c4)c4ccccc4n5-c4ccccc4)s3)c2=N1. The summed E-state index contributed by atoms with van der Waals surface area (Å²) >= 11 is 3.28. The summed E-state index contributed by atoms with van der Waals surface area (Å²) in [7, 11) is -4.11. The lowest BCUT2D eigenvalue weighted by atomic mass is 9.96. The first-order valence-corrected chi connectivity index (χ1v) is 23.7. The highest BCUT2D eigenvalue weighted by Gasteiger charge is 2.26. The number of aromatic nitrogens is 2. The van der Waals surface area contributed by atoms with Crippen LogP contribution in [0.1, 0.15) is 0 Å². The van der Waals surface area contributed by atoms with Crippen LogP contribution >= 0.6 is 22.7 Å². The second-order valence-electron chi connectivity index (χ2n) is 15.8. The molecule has 0 spiro atoms. The number of hydrogen-bond acceptors (Lipinski definition) is 4. The number of rotatable bonds is 6. The second kappa shape index (κ2) is 13.8. The molecule has 5 heterocycles. The summed E-state index contributed by atoms with van der Waals surface area (Å²) < 4.78 is 40.2. The van der Waals surface area contributed by atoms with Gasteiger partial charge in [0.15, 0.2) is 0 Å². The molecular weight excluding hydrogens is 833 g/mol. The molecule has 8 aromatic carbocycles. The molecule has 4 aromatic heterocycles. The number of hydrogen-bond donors (Lipinski definition) is 0. The summed E-state index contributed by atoms with van der Waals surface area (Å²) in [6.45, 7) is 0. The fraction of sp³-hybridized carbons (Fsp3) is 0. The van der Waals surface area contributed by atoms with Crippen LogP contribution in [0.5, 0.6) is 0 Å². The average Bonchev–Trinajstić information content (AvgIpc) is 4.17. The van der Waals surface area contributed by atoms with Crippen molar-refractivity contribution >= 4 is 87.3 Å². The topological polar surface area (TPSA) is 68.7 Å². The Balaban J connectivity index is 0.939. The van der Waals surface area contributed by atoms with E-state index in [2.05, 4.69) is 188 Å². The van der Waals surface area contributed by atoms with E-state index >= 15 is 0 Å². The predicted octanol–water partition coefficient (Wildman–Crippen LogP) is 13.3. The van der Waals surface area contributed by atoms with Crippen LogP contribution in [0.25, 0.3) is 108 Å². The van der Waals surface area contributed by atoms with Crippen LogP contribution in [-0.2, 0) is 10.2 Å². The van der Waals surface area contributed by atoms with E-state index < -0.39 is 10.2 Å². The average molecular weight is 865 g/mol. The molecule has 12 aromatic rings. The fourth-order valence-corrected chi connectivity index (χ4v) is 12.5. The summed E-state index contributed by atoms with van der Waals surface area (Å²) in [5.74, 6) is 0. The van der Waals surface area contributed by atoms with Crippen LogP contribution in [-0.4, -0.2) is 17.6 Å². The maximum Gasteiger partial charge on any atom is 0.364 e. The predicted molar refractivity (Wildman–Crippen MR) is 261 cm³/mol. The van der Waals surface area contributed by atoms with Gasteiger partial charge in [0.25, 0.3) is 0 Å². The van der Waals surface area contributed by atoms with Crippen LogP contribution in [0.4, 0.5) is 0 Å². The number of benzene rings is 8. The fourth-order valence-electron chi connectivity index (χ4n) is 9.56. The van der Waals surface area contributed by atoms with Gasteiger partial charge in [-0.15, -0.1) is 31.5 Å². The Bertz CT molecular complexity index is 3850. The van der Waals surface area contributed by atoms with Crippen LogP contribution in [0, 0.1) is 0 Å². The minimum absolute atomic E-state index is 0.392. The zero-order valence-corrected chi connectivity index (χ0v) is 35.8. The van der Waals surface area contributed by atoms with Gasteiger partial charge < -0.3 is 9.13 Å². The maximum absolute atomic E-state index is 13.4. The summed E-state index contributed by atoms with van der Waals surface area (Å²) in [5, 5.41) is 7.37. The van der Waals surface area contributed by atoms with Crippen molar-refractivity contribution in [1.29, 1.82) is 0 Å². The van der Waals surface area contributed by atoms with Crippen molar-refractivity contribution in [3.8, 4) is 53.1 Å². The van der Waals surface area contributed by atoms with E-state index in [0.717, 1.165) is 86.0 Å². The standard InChI is InChI=1S/C54H32N4O2S3/c59-63(60)55-53-51(49-29-27-47(61-49)33-23-25-45-41(31-33)37-17-9-11-21-43(37)57(45)35-13-3-1-4-14-35)39-19-7-8-20-40(39)52(54(53)56-63)50-30-28-48(62-50)34-24-26-46-42(32-34)38-18-10-12-22-44(38)58(46)36-15-5-2-6-16-36/h1-32H. The molecular formula is C54H32N4O2S3. The highest BCUT2D eigenvalue weighted by atomic mass is 32.2. The van der Waals surface area contributed by atoms with Crippen LogP contribution in [0.2, 0.25) is 0 Å². The molecule has 0 aliphatic carbocycles. The van der Waals surface area contributed by atoms with Gasteiger partial charge in [0.2, 0.25) is 0 Å². The molecule has 0 bridgehead atoms. The van der Waals surface area contributed by atoms with Gasteiger partial charge in [0, 0.05) is 63.6 Å². The molecule has 0 amide bonds. The first-order valence-electron chi connectivity index (χ1n) is 20.7. The molecule has 0 N–H and O–H groups in total. The zero-order chi connectivity index (χ0) is 41.8. The van der Waals surface area contributed by atoms with Gasteiger partial charge in [-0.05, 0) is 107 Å². The summed E-state index contributed by atoms with van der Waals surface area (Å²) in [4.78, 5) is 4.02. The number of thiophene rings is 2. The van der Waals surface area contributed by atoms with Gasteiger partial charge in [-0.25, -0.2) is 0 Å². The smallest absolute Gasteiger partial charge is 0.309 e. The third-order valence-corrected chi connectivity index (χ3v) is 15.4. The molecule has 298 valence electrons. The van der Waals surface area contributed by atoms with E-state index in [1.807, 2.05) is 24.3 Å². The van der Waals surface area contributed by atoms with Gasteiger partial charge in [0.05, 0.1) is 22.1 Å². The normalized spacial score (nSPS) is 13.3. The third-order valence-electron chi connectivity index (χ3n) is 12.2. The quantitative estimate of drug-likeness (QED) is 0.167. The minimum Gasteiger partial charge on any atom is -0.309 e. The van der Waals surface area contributed by atoms with Gasteiger partial charge in [-0.2, -0.15) is 8.42 Å². The second-order valence-corrected chi connectivity index (χ2v) is 19.2. The lowest BCUT2D eigenvalue weighted by Crippen LogP contribution is -2.26. The van der Waals surface area contributed by atoms with E-state index in [4.69, 9.17) is 0 Å². The highest BCUT2D eigenvalue weighted by molar-refractivity contribution is 7.88. The van der Waals surface area contributed by atoms with E-state index in [-0.39, 0.29) is 0 Å². The van der Waals surface area contributed by atoms with Crippen molar-refractivity contribution in [3.63, 3.8) is 0 Å². The van der Waals surface area contributed by atoms with Gasteiger partial charge in [-0.1, -0.05) is 109 Å². The molecule has 0 saturated carbocycles. The van der Waals surface area contributed by atoms with Crippen molar-refractivity contribution in [1.82, 2.24) is 9.13 Å². The summed E-state index contributed by atoms with van der Waals surface area (Å²) in [6.07, 6.45) is 0. The molecule has 13 rings (SSSR count). The summed E-state index contributed by atoms with van der Waals surface area (Å²) in [6, 6.07) is 67.9. The molecule has 9 heteroatoms. The van der Waals surface area contributed by atoms with E-state index in [1.165, 1.54) is 21.5 Å². The summed E-state index contributed by atoms with van der Waals surface area (Å²) in [5.41, 5.74) is 10.6. The first kappa shape index (κ1) is 36.2. The Hall–Kier alpha value is -7.43. The lowest BCUT2D eigenvalue weighted by molar-refractivity contribution is 0.599. The molecule has 63 heavy (non-hydrogen) atoms. The van der Waals surface area contributed by atoms with E-state index in [0.29, 0.717) is 10.7 Å². The van der Waals surface area contributed by atoms with Gasteiger partial charge in [-0.3, -0.25) is 0 Å². The molecule has 1 aliphatic rings. The number of fused-ring (bicyclic) bond motifs is 8. The van der Waals surface area contributed by atoms with E-state index in [9.17, 15) is 8.42 Å². The Kier molecular flexibility index (Phi) is 7.93. The zero-order valence-electron chi connectivity index (χ0n) is 33.3. The van der Waals surface area contributed by atoms with Crippen molar-refractivity contribution < 1.29 is 8.42 Å². The van der Waals surface area contributed by atoms with Crippen molar-refractivity contribution in [2.24, 2.45) is 8.80 Å². The lowest BCUT2D eigenvalue weighted by Gasteiger charge is -2.10. The molecule has 1 aliphatic heterocycles. The van der Waals surface area contributed by atoms with Crippen molar-refractivity contribution in [2.75, 3.05) is 0 Å². The Morgan fingerprint density at radius 1 is 0.349 bits per heavy atom. The van der Waals surface area contributed by atoms with Crippen molar-refractivity contribution in [2.45, 2.75) is 0 Å². The maximum atomic E-state index is 13.4. The first-order chi connectivity index (χ1) is 31.0. The molecule has 6 nitrogen and oxygen atoms in total. The molecule has 0 saturated heterocycles. The Labute approximate surface area is 369 Å². The number of para-hydroxylation sites is 4. The Morgan fingerprint density at radius 3 is 1.16 bits per heavy atom. The highest BCUT2D eigenvalue weighted by Crippen LogP contribution is 2.43. The van der Waals surface area contributed by atoms with Gasteiger partial charge in [0.1, 0.15) is 10.7 Å². The largest absolute Gasteiger partial charge is 0.364 e. The third kappa shape index (κ3) is 5.64. The van der Waals surface area contributed by atoms with Crippen molar-refractivity contribution in [3.05, 3.63) is 205 Å². The molecule has 0 atom stereocenters. The molecule has 0 radical (unpaired) electrons. The number of nitrogens with zero attached hydrogens (tertiary/aromatic N) is 4. The molecule has 0 fully saturated rings. The Morgan fingerprint density at radius 2 is 0.714 bits per heavy atom. The van der Waals surface area contributed by atoms with Gasteiger partial charge >= 0.3 is 10.2 Å². The van der Waals surface area contributed by atoms with Crippen LogP contribution in [0.3, 0.4) is 0 Å². The van der Waals surface area contributed by atoms with Crippen LogP contribution in [0.15, 0.2) is 203 Å². The minimum atomic E-state index is -4.11. The van der Waals surface area contributed by atoms with E-state index in [1.54, 1.807) is 22.7 Å². The molecule has 0 unspecified atom stereocenters. The van der Waals surface area contributed by atoms with Crippen LogP contribution < -0.4 is 10.7 Å².